The number of hydrogen-bond donors (Lipinski definition) is 1. The minimum atomic E-state index is -0.312. The molecule has 1 heterocycles. The minimum Gasteiger partial charge on any atom is -0.323 e. The van der Waals surface area contributed by atoms with Gasteiger partial charge in [0.1, 0.15) is 12.2 Å². The van der Waals surface area contributed by atoms with E-state index in [4.69, 9.17) is 5.26 Å². The molecule has 5 heteroatoms. The first kappa shape index (κ1) is 12.8. The highest BCUT2D eigenvalue weighted by Crippen LogP contribution is 2.21. The fraction of sp³-hybridized carbons (Fsp3) is 0.214. The number of amides is 1. The summed E-state index contributed by atoms with van der Waals surface area (Å²) in [5.41, 5.74) is 1.53. The van der Waals surface area contributed by atoms with Crippen LogP contribution in [0.1, 0.15) is 19.2 Å². The van der Waals surface area contributed by atoms with Crippen LogP contribution in [-0.4, -0.2) is 15.5 Å². The number of imidazole rings is 1. The normalized spacial score (nSPS) is 9.89. The number of carbonyl (C=O) groups is 1. The van der Waals surface area contributed by atoms with E-state index in [1.165, 1.54) is 0 Å². The topological polar surface area (TPSA) is 70.7 Å². The lowest BCUT2D eigenvalue weighted by atomic mass is 10.2. The van der Waals surface area contributed by atoms with Crippen molar-refractivity contribution in [2.45, 2.75) is 19.8 Å². The lowest BCUT2D eigenvalue weighted by Gasteiger charge is -2.12. The fourth-order valence-electron chi connectivity index (χ4n) is 1.87. The molecule has 1 aromatic carbocycles. The van der Waals surface area contributed by atoms with Crippen LogP contribution in [0.2, 0.25) is 0 Å². The molecule has 0 saturated carbocycles. The summed E-state index contributed by atoms with van der Waals surface area (Å²) in [5.74, 6) is 0.607. The average molecular weight is 254 g/mol. The highest BCUT2D eigenvalue weighted by molar-refractivity contribution is 5.94. The number of benzene rings is 1. The molecule has 1 N–H and O–H groups in total. The molecule has 2 aromatic rings. The highest BCUT2D eigenvalue weighted by Gasteiger charge is 2.10. The number of hydrogen-bond acceptors (Lipinski definition) is 3. The Labute approximate surface area is 111 Å². The molecule has 19 heavy (non-hydrogen) atoms. The van der Waals surface area contributed by atoms with Crippen molar-refractivity contribution >= 4 is 11.6 Å². The van der Waals surface area contributed by atoms with Gasteiger partial charge in [0.2, 0.25) is 5.91 Å². The van der Waals surface area contributed by atoms with Gasteiger partial charge in [0.25, 0.3) is 0 Å². The third-order valence-electron chi connectivity index (χ3n) is 2.71. The van der Waals surface area contributed by atoms with E-state index in [-0.39, 0.29) is 12.3 Å². The van der Waals surface area contributed by atoms with Crippen molar-refractivity contribution in [3.05, 3.63) is 42.5 Å². The van der Waals surface area contributed by atoms with Crippen molar-refractivity contribution in [1.82, 2.24) is 9.55 Å². The number of rotatable bonds is 4. The Kier molecular flexibility index (Phi) is 3.94. The summed E-state index contributed by atoms with van der Waals surface area (Å²) in [6.45, 7) is 2.02. The number of para-hydroxylation sites is 2. The fourth-order valence-corrected chi connectivity index (χ4v) is 1.87. The molecular weight excluding hydrogens is 240 g/mol. The van der Waals surface area contributed by atoms with Crippen molar-refractivity contribution in [2.24, 2.45) is 0 Å². The van der Waals surface area contributed by atoms with Gasteiger partial charge in [-0.15, -0.1) is 0 Å². The molecule has 2 rings (SSSR count). The Bertz CT molecular complexity index is 624. The predicted octanol–water partition coefficient (Wildman–Crippen LogP) is 2.29. The van der Waals surface area contributed by atoms with Crippen LogP contribution in [0.25, 0.3) is 5.69 Å². The first-order chi connectivity index (χ1) is 9.26. The van der Waals surface area contributed by atoms with E-state index in [9.17, 15) is 4.79 Å². The first-order valence-electron chi connectivity index (χ1n) is 6.04. The van der Waals surface area contributed by atoms with Crippen LogP contribution in [0.15, 0.2) is 36.7 Å². The summed E-state index contributed by atoms with van der Waals surface area (Å²) in [6, 6.07) is 9.29. The molecule has 0 aliphatic rings. The van der Waals surface area contributed by atoms with Crippen molar-refractivity contribution in [3.8, 4) is 11.8 Å². The molecule has 0 unspecified atom stereocenters. The maximum atomic E-state index is 11.5. The molecule has 0 radical (unpaired) electrons. The molecule has 0 aliphatic carbocycles. The number of anilines is 1. The zero-order valence-corrected chi connectivity index (χ0v) is 10.6. The summed E-state index contributed by atoms with van der Waals surface area (Å²) >= 11 is 0. The van der Waals surface area contributed by atoms with Gasteiger partial charge in [-0.2, -0.15) is 5.26 Å². The second-order valence-electron chi connectivity index (χ2n) is 3.97. The van der Waals surface area contributed by atoms with Crippen molar-refractivity contribution in [1.29, 1.82) is 5.26 Å². The molecule has 1 aromatic heterocycles. The molecule has 0 bridgehead atoms. The minimum absolute atomic E-state index is 0.154. The number of nitrogens with zero attached hydrogens (tertiary/aromatic N) is 3. The maximum Gasteiger partial charge on any atom is 0.238 e. The van der Waals surface area contributed by atoms with Gasteiger partial charge in [-0.1, -0.05) is 19.1 Å². The average Bonchev–Trinajstić information content (AvgIpc) is 2.87. The Morgan fingerprint density at radius 1 is 1.47 bits per heavy atom. The molecule has 0 aliphatic heterocycles. The third kappa shape index (κ3) is 2.80. The number of nitriles is 1. The Morgan fingerprint density at radius 3 is 3.00 bits per heavy atom. The standard InChI is InChI=1S/C14H14N4O/c1-2-13-16-9-10-18(13)12-6-4-3-5-11(12)17-14(19)7-8-15/h3-6,9-10H,2,7H2,1H3,(H,17,19). The van der Waals surface area contributed by atoms with Gasteiger partial charge in [0.05, 0.1) is 17.4 Å². The molecule has 0 atom stereocenters. The monoisotopic (exact) mass is 254 g/mol. The molecule has 5 nitrogen and oxygen atoms in total. The van der Waals surface area contributed by atoms with E-state index in [2.05, 4.69) is 10.3 Å². The highest BCUT2D eigenvalue weighted by atomic mass is 16.1. The van der Waals surface area contributed by atoms with Crippen LogP contribution in [0, 0.1) is 11.3 Å². The predicted molar refractivity (Wildman–Crippen MR) is 71.8 cm³/mol. The molecular formula is C14H14N4O. The molecule has 96 valence electrons. The van der Waals surface area contributed by atoms with Crippen LogP contribution in [0.5, 0.6) is 0 Å². The van der Waals surface area contributed by atoms with Crippen LogP contribution in [-0.2, 0) is 11.2 Å². The lowest BCUT2D eigenvalue weighted by molar-refractivity contribution is -0.115. The first-order valence-corrected chi connectivity index (χ1v) is 6.04. The number of nitrogens with one attached hydrogen (secondary N) is 1. The van der Waals surface area contributed by atoms with Gasteiger partial charge >= 0.3 is 0 Å². The molecule has 1 amide bonds. The SMILES string of the molecule is CCc1nccn1-c1ccccc1NC(=O)CC#N. The van der Waals surface area contributed by atoms with Crippen molar-refractivity contribution < 1.29 is 4.79 Å². The summed E-state index contributed by atoms with van der Waals surface area (Å²) in [6.07, 6.45) is 4.23. The third-order valence-corrected chi connectivity index (χ3v) is 2.71. The molecule has 0 saturated heterocycles. The summed E-state index contributed by atoms with van der Waals surface area (Å²) in [4.78, 5) is 15.8. The van der Waals surface area contributed by atoms with Gasteiger partial charge in [-0.05, 0) is 12.1 Å². The van der Waals surface area contributed by atoms with E-state index >= 15 is 0 Å². The molecule has 0 fully saturated rings. The quantitative estimate of drug-likeness (QED) is 0.909. The van der Waals surface area contributed by atoms with Crippen molar-refractivity contribution in [2.75, 3.05) is 5.32 Å². The Hall–Kier alpha value is -2.61. The van der Waals surface area contributed by atoms with Crippen LogP contribution in [0.3, 0.4) is 0 Å². The van der Waals surface area contributed by atoms with E-state index in [0.29, 0.717) is 5.69 Å². The Morgan fingerprint density at radius 2 is 2.26 bits per heavy atom. The number of aromatic nitrogens is 2. The van der Waals surface area contributed by atoms with Crippen LogP contribution >= 0.6 is 0 Å². The summed E-state index contributed by atoms with van der Waals surface area (Å²) in [7, 11) is 0. The summed E-state index contributed by atoms with van der Waals surface area (Å²) < 4.78 is 1.93. The Balaban J connectivity index is 2.37. The second-order valence-corrected chi connectivity index (χ2v) is 3.97. The van der Waals surface area contributed by atoms with E-state index in [1.807, 2.05) is 48.0 Å². The smallest absolute Gasteiger partial charge is 0.238 e. The van der Waals surface area contributed by atoms with E-state index in [1.54, 1.807) is 6.20 Å². The summed E-state index contributed by atoms with van der Waals surface area (Å²) in [5, 5.41) is 11.3. The van der Waals surface area contributed by atoms with E-state index < -0.39 is 0 Å². The zero-order chi connectivity index (χ0) is 13.7. The number of carbonyl (C=O) groups excluding carboxylic acids is 1. The zero-order valence-electron chi connectivity index (χ0n) is 10.6. The second kappa shape index (κ2) is 5.83. The van der Waals surface area contributed by atoms with E-state index in [0.717, 1.165) is 17.9 Å². The van der Waals surface area contributed by atoms with Crippen LogP contribution in [0.4, 0.5) is 5.69 Å². The van der Waals surface area contributed by atoms with Gasteiger partial charge < -0.3 is 9.88 Å². The van der Waals surface area contributed by atoms with Crippen LogP contribution < -0.4 is 5.32 Å². The van der Waals surface area contributed by atoms with Gasteiger partial charge in [-0.3, -0.25) is 4.79 Å². The van der Waals surface area contributed by atoms with Gasteiger partial charge in [0.15, 0.2) is 0 Å². The number of aryl methyl sites for hydroxylation is 1. The maximum absolute atomic E-state index is 11.5. The van der Waals surface area contributed by atoms with Crippen molar-refractivity contribution in [3.63, 3.8) is 0 Å². The largest absolute Gasteiger partial charge is 0.323 e. The molecule has 0 spiro atoms. The van der Waals surface area contributed by atoms with Gasteiger partial charge in [-0.25, -0.2) is 4.98 Å². The lowest BCUT2D eigenvalue weighted by Crippen LogP contribution is -2.13. The van der Waals surface area contributed by atoms with Gasteiger partial charge in [0, 0.05) is 18.8 Å².